The first kappa shape index (κ1) is 20.4. The van der Waals surface area contributed by atoms with Crippen LogP contribution >= 0.6 is 0 Å². The maximum Gasteiger partial charge on any atom is 0.410 e. The Bertz CT molecular complexity index is 1220. The van der Waals surface area contributed by atoms with Gasteiger partial charge in [-0.3, -0.25) is 9.88 Å². The van der Waals surface area contributed by atoms with E-state index in [0.29, 0.717) is 24.3 Å². The third-order valence-corrected chi connectivity index (χ3v) is 6.65. The molecule has 1 amide bonds. The minimum absolute atomic E-state index is 0.0844. The maximum absolute atomic E-state index is 13.2. The molecule has 8 heteroatoms. The molecular formula is C24H24FN5O2. The molecule has 2 aromatic heterocycles. The molecule has 1 aromatic carbocycles. The Hall–Kier alpha value is -3.47. The summed E-state index contributed by atoms with van der Waals surface area (Å²) in [5.41, 5.74) is 2.44. The number of hydrogen-bond donors (Lipinski definition) is 0. The van der Waals surface area contributed by atoms with Crippen molar-refractivity contribution in [3.8, 4) is 6.07 Å². The standard InChI is InChI=1S/C24H24FN5O2/c1-23(14-30-16-28-20-6-3-17(10-26)9-21(20)30)7-2-8-24(13-23)15-29(22(31)32-24)12-19-5-4-18(25)11-27-19/h3-6,9,11,16H,2,7-8,12-15H2,1H3/t23-,24-/m0/s1. The molecule has 2 atom stereocenters. The summed E-state index contributed by atoms with van der Waals surface area (Å²) in [5, 5.41) is 9.25. The Balaban J connectivity index is 1.34. The lowest BCUT2D eigenvalue weighted by atomic mass is 9.68. The first-order valence-corrected chi connectivity index (χ1v) is 10.8. The fraction of sp³-hybridized carbons (Fsp3) is 0.417. The normalized spacial score (nSPS) is 25.3. The molecule has 2 fully saturated rings. The summed E-state index contributed by atoms with van der Waals surface area (Å²) in [7, 11) is 0. The molecule has 1 saturated heterocycles. The fourth-order valence-electron chi connectivity index (χ4n) is 5.32. The minimum atomic E-state index is -0.529. The quantitative estimate of drug-likeness (QED) is 0.608. The highest BCUT2D eigenvalue weighted by Crippen LogP contribution is 2.47. The number of carbonyl (C=O) groups excluding carboxylic acids is 1. The molecule has 1 spiro atoms. The van der Waals surface area contributed by atoms with E-state index in [1.54, 1.807) is 17.0 Å². The van der Waals surface area contributed by atoms with E-state index in [-0.39, 0.29) is 11.5 Å². The van der Waals surface area contributed by atoms with Crippen LogP contribution < -0.4 is 0 Å². The van der Waals surface area contributed by atoms with Gasteiger partial charge in [-0.25, -0.2) is 14.2 Å². The van der Waals surface area contributed by atoms with Crippen molar-refractivity contribution in [1.82, 2.24) is 19.4 Å². The van der Waals surface area contributed by atoms with Crippen LogP contribution in [0.2, 0.25) is 0 Å². The number of pyridine rings is 1. The van der Waals surface area contributed by atoms with Crippen LogP contribution in [-0.2, 0) is 17.8 Å². The molecule has 1 aliphatic carbocycles. The largest absolute Gasteiger partial charge is 0.441 e. The summed E-state index contributed by atoms with van der Waals surface area (Å²) in [6, 6.07) is 10.7. The van der Waals surface area contributed by atoms with E-state index >= 15 is 0 Å². The third kappa shape index (κ3) is 3.79. The fourth-order valence-corrected chi connectivity index (χ4v) is 5.32. The molecule has 3 aromatic rings. The number of ether oxygens (including phenoxy) is 1. The Morgan fingerprint density at radius 3 is 2.91 bits per heavy atom. The van der Waals surface area contributed by atoms with E-state index in [0.717, 1.165) is 49.5 Å². The number of benzene rings is 1. The summed E-state index contributed by atoms with van der Waals surface area (Å²) in [6.45, 7) is 3.77. The number of fused-ring (bicyclic) bond motifs is 1. The molecule has 0 radical (unpaired) electrons. The Kier molecular flexibility index (Phi) is 4.85. The lowest BCUT2D eigenvalue weighted by Gasteiger charge is -2.43. The summed E-state index contributed by atoms with van der Waals surface area (Å²) in [4.78, 5) is 22.9. The van der Waals surface area contributed by atoms with Crippen LogP contribution in [0.25, 0.3) is 11.0 Å². The van der Waals surface area contributed by atoms with Gasteiger partial charge in [0.15, 0.2) is 0 Å². The first-order valence-electron chi connectivity index (χ1n) is 10.8. The molecule has 1 aliphatic heterocycles. The average molecular weight is 433 g/mol. The second-order valence-corrected chi connectivity index (χ2v) is 9.40. The number of aromatic nitrogens is 3. The Labute approximate surface area is 185 Å². The number of nitrogens with zero attached hydrogens (tertiary/aromatic N) is 5. The highest BCUT2D eigenvalue weighted by Gasteiger charge is 2.51. The molecule has 5 rings (SSSR count). The molecule has 7 nitrogen and oxygen atoms in total. The number of carbonyl (C=O) groups is 1. The first-order chi connectivity index (χ1) is 15.4. The van der Waals surface area contributed by atoms with Crippen molar-refractivity contribution < 1.29 is 13.9 Å². The number of nitriles is 1. The summed E-state index contributed by atoms with van der Waals surface area (Å²) < 4.78 is 21.2. The lowest BCUT2D eigenvalue weighted by molar-refractivity contribution is -0.0270. The van der Waals surface area contributed by atoms with Crippen molar-refractivity contribution in [2.75, 3.05) is 6.54 Å². The van der Waals surface area contributed by atoms with Crippen LogP contribution in [0.15, 0.2) is 42.9 Å². The van der Waals surface area contributed by atoms with Crippen molar-refractivity contribution in [1.29, 1.82) is 5.26 Å². The number of halogens is 1. The Morgan fingerprint density at radius 1 is 1.25 bits per heavy atom. The highest BCUT2D eigenvalue weighted by molar-refractivity contribution is 5.77. The second-order valence-electron chi connectivity index (χ2n) is 9.40. The molecule has 1 saturated carbocycles. The Morgan fingerprint density at radius 2 is 2.12 bits per heavy atom. The third-order valence-electron chi connectivity index (χ3n) is 6.65. The smallest absolute Gasteiger partial charge is 0.410 e. The van der Waals surface area contributed by atoms with E-state index in [1.165, 1.54) is 6.07 Å². The molecular weight excluding hydrogens is 409 g/mol. The van der Waals surface area contributed by atoms with E-state index in [9.17, 15) is 14.4 Å². The number of amides is 1. The van der Waals surface area contributed by atoms with Crippen LogP contribution in [0, 0.1) is 22.6 Å². The van der Waals surface area contributed by atoms with Gasteiger partial charge in [-0.15, -0.1) is 0 Å². The summed E-state index contributed by atoms with van der Waals surface area (Å²) in [6.07, 6.45) is 6.20. The van der Waals surface area contributed by atoms with Gasteiger partial charge in [-0.05, 0) is 61.4 Å². The van der Waals surface area contributed by atoms with Crippen molar-refractivity contribution in [3.63, 3.8) is 0 Å². The molecule has 3 heterocycles. The van der Waals surface area contributed by atoms with Gasteiger partial charge < -0.3 is 9.30 Å². The molecule has 0 bridgehead atoms. The predicted octanol–water partition coefficient (Wildman–Crippen LogP) is 4.41. The van der Waals surface area contributed by atoms with Crippen molar-refractivity contribution in [2.45, 2.75) is 51.3 Å². The van der Waals surface area contributed by atoms with Gasteiger partial charge in [0.25, 0.3) is 0 Å². The number of rotatable bonds is 4. The highest BCUT2D eigenvalue weighted by atomic mass is 19.1. The SMILES string of the molecule is C[C@]1(Cn2cnc3ccc(C#N)cc32)CCC[C@@]2(CN(Cc3ccc(F)cn3)C(=O)O2)C1. The molecule has 32 heavy (non-hydrogen) atoms. The summed E-state index contributed by atoms with van der Waals surface area (Å²) in [5.74, 6) is -0.397. The zero-order valence-electron chi connectivity index (χ0n) is 17.9. The van der Waals surface area contributed by atoms with E-state index in [2.05, 4.69) is 27.5 Å². The topological polar surface area (TPSA) is 84.0 Å². The van der Waals surface area contributed by atoms with Crippen molar-refractivity contribution in [3.05, 3.63) is 59.9 Å². The van der Waals surface area contributed by atoms with Gasteiger partial charge in [0, 0.05) is 6.54 Å². The van der Waals surface area contributed by atoms with Crippen LogP contribution in [0.1, 0.15) is 43.9 Å². The minimum Gasteiger partial charge on any atom is -0.441 e. The van der Waals surface area contributed by atoms with Crippen LogP contribution in [0.5, 0.6) is 0 Å². The number of hydrogen-bond acceptors (Lipinski definition) is 5. The molecule has 0 unspecified atom stereocenters. The van der Waals surface area contributed by atoms with Crippen molar-refractivity contribution >= 4 is 17.1 Å². The van der Waals surface area contributed by atoms with E-state index < -0.39 is 11.4 Å². The second kappa shape index (κ2) is 7.59. The average Bonchev–Trinajstić information content (AvgIpc) is 3.29. The van der Waals surface area contributed by atoms with Gasteiger partial charge in [-0.2, -0.15) is 5.26 Å². The van der Waals surface area contributed by atoms with Crippen molar-refractivity contribution in [2.24, 2.45) is 5.41 Å². The zero-order valence-corrected chi connectivity index (χ0v) is 17.9. The van der Waals surface area contributed by atoms with Gasteiger partial charge in [0.2, 0.25) is 0 Å². The lowest BCUT2D eigenvalue weighted by Crippen LogP contribution is -2.44. The van der Waals surface area contributed by atoms with Crippen LogP contribution in [-0.4, -0.2) is 37.7 Å². The molecule has 164 valence electrons. The van der Waals surface area contributed by atoms with Crippen LogP contribution in [0.3, 0.4) is 0 Å². The van der Waals surface area contributed by atoms with E-state index in [4.69, 9.17) is 4.74 Å². The van der Waals surface area contributed by atoms with Gasteiger partial charge >= 0.3 is 6.09 Å². The van der Waals surface area contributed by atoms with Gasteiger partial charge in [0.05, 0.1) is 54.0 Å². The monoisotopic (exact) mass is 433 g/mol. The van der Waals surface area contributed by atoms with E-state index in [1.807, 2.05) is 18.5 Å². The summed E-state index contributed by atoms with van der Waals surface area (Å²) >= 11 is 0. The van der Waals surface area contributed by atoms with Gasteiger partial charge in [-0.1, -0.05) is 6.92 Å². The van der Waals surface area contributed by atoms with Crippen LogP contribution in [0.4, 0.5) is 9.18 Å². The molecule has 2 aliphatic rings. The zero-order chi connectivity index (χ0) is 22.3. The number of imidazole rings is 1. The molecule has 0 N–H and O–H groups in total. The van der Waals surface area contributed by atoms with Gasteiger partial charge in [0.1, 0.15) is 11.4 Å². The maximum atomic E-state index is 13.2. The predicted molar refractivity (Wildman–Crippen MR) is 115 cm³/mol.